The van der Waals surface area contributed by atoms with Gasteiger partial charge < -0.3 is 14.7 Å². The molecule has 0 aliphatic carbocycles. The summed E-state index contributed by atoms with van der Waals surface area (Å²) < 4.78 is 6.95. The van der Waals surface area contributed by atoms with Crippen molar-refractivity contribution in [3.63, 3.8) is 0 Å². The Bertz CT molecular complexity index is 913. The average Bonchev–Trinajstić information content (AvgIpc) is 3.22. The number of pyridine rings is 1. The number of nitrogens with zero attached hydrogens (tertiary/aromatic N) is 5. The van der Waals surface area contributed by atoms with Crippen LogP contribution in [0, 0.1) is 6.92 Å². The third-order valence-corrected chi connectivity index (χ3v) is 3.86. The van der Waals surface area contributed by atoms with Gasteiger partial charge in [0, 0.05) is 38.6 Å². The van der Waals surface area contributed by atoms with E-state index in [-0.39, 0.29) is 11.6 Å². The molecule has 0 saturated carbocycles. The average molecular weight is 324 g/mol. The Labute approximate surface area is 138 Å². The maximum atomic E-state index is 12.8. The number of carbonyl (C=O) groups is 1. The van der Waals surface area contributed by atoms with E-state index in [0.29, 0.717) is 30.4 Å². The molecule has 1 amide bonds. The van der Waals surface area contributed by atoms with Crippen molar-refractivity contribution in [1.82, 2.24) is 19.9 Å². The normalized spacial score (nSPS) is 13.5. The number of hydrogen-bond acceptors (Lipinski definition) is 6. The number of aromatic nitrogens is 4. The summed E-state index contributed by atoms with van der Waals surface area (Å²) in [5.41, 5.74) is 2.64. The van der Waals surface area contributed by atoms with Crippen molar-refractivity contribution >= 4 is 17.4 Å². The Balaban J connectivity index is 1.66. The van der Waals surface area contributed by atoms with Crippen LogP contribution in [0.2, 0.25) is 0 Å². The Morgan fingerprint density at radius 3 is 3.04 bits per heavy atom. The van der Waals surface area contributed by atoms with Crippen molar-refractivity contribution in [1.29, 1.82) is 0 Å². The fourth-order valence-corrected chi connectivity index (χ4v) is 2.69. The van der Waals surface area contributed by atoms with E-state index in [2.05, 4.69) is 20.6 Å². The molecule has 122 valence electrons. The zero-order valence-electron chi connectivity index (χ0n) is 13.4. The summed E-state index contributed by atoms with van der Waals surface area (Å²) in [4.78, 5) is 18.9. The van der Waals surface area contributed by atoms with Gasteiger partial charge in [-0.3, -0.25) is 9.48 Å². The monoisotopic (exact) mass is 324 g/mol. The predicted molar refractivity (Wildman–Crippen MR) is 87.8 cm³/mol. The van der Waals surface area contributed by atoms with E-state index in [9.17, 15) is 4.79 Å². The highest BCUT2D eigenvalue weighted by molar-refractivity contribution is 6.07. The Kier molecular flexibility index (Phi) is 3.30. The van der Waals surface area contributed by atoms with Crippen LogP contribution in [0.1, 0.15) is 16.1 Å². The van der Waals surface area contributed by atoms with Crippen LogP contribution in [-0.4, -0.2) is 38.9 Å². The number of rotatable bonds is 2. The molecule has 0 saturated heterocycles. The number of hydrogen-bond donors (Lipinski definition) is 1. The summed E-state index contributed by atoms with van der Waals surface area (Å²) in [5, 5.41) is 11.4. The third kappa shape index (κ3) is 2.41. The van der Waals surface area contributed by atoms with E-state index < -0.39 is 0 Å². The molecule has 1 aliphatic rings. The van der Waals surface area contributed by atoms with E-state index >= 15 is 0 Å². The molecular formula is C16H16N6O2. The lowest BCUT2D eigenvalue weighted by atomic mass is 10.2. The van der Waals surface area contributed by atoms with Gasteiger partial charge in [0.2, 0.25) is 0 Å². The highest BCUT2D eigenvalue weighted by Crippen LogP contribution is 2.29. The van der Waals surface area contributed by atoms with Crippen LogP contribution in [0.15, 0.2) is 35.1 Å². The smallest absolute Gasteiger partial charge is 0.280 e. The first-order valence-electron chi connectivity index (χ1n) is 7.61. The second-order valence-electron chi connectivity index (χ2n) is 5.72. The Morgan fingerprint density at radius 1 is 1.38 bits per heavy atom. The van der Waals surface area contributed by atoms with Crippen molar-refractivity contribution in [2.45, 2.75) is 6.92 Å². The van der Waals surface area contributed by atoms with Crippen LogP contribution in [-0.2, 0) is 7.05 Å². The van der Waals surface area contributed by atoms with Crippen LogP contribution in [0.25, 0.3) is 11.5 Å². The molecule has 1 aliphatic heterocycles. The molecule has 8 heteroatoms. The van der Waals surface area contributed by atoms with Gasteiger partial charge >= 0.3 is 0 Å². The minimum absolute atomic E-state index is 0.212. The second kappa shape index (κ2) is 5.48. The van der Waals surface area contributed by atoms with Gasteiger partial charge in [-0.2, -0.15) is 5.10 Å². The summed E-state index contributed by atoms with van der Waals surface area (Å²) >= 11 is 0. The van der Waals surface area contributed by atoms with Gasteiger partial charge in [-0.15, -0.1) is 0 Å². The number of amides is 1. The standard InChI is InChI=1S/C16H16N6O2/c1-10-7-13-15(18-9-10)17-4-6-22(13)16(23)12-8-14(24-20-12)11-3-5-21(2)19-11/h3,5,7-9H,4,6H2,1-2H3,(H,17,18). The second-order valence-corrected chi connectivity index (χ2v) is 5.72. The van der Waals surface area contributed by atoms with Crippen molar-refractivity contribution in [2.75, 3.05) is 23.3 Å². The van der Waals surface area contributed by atoms with E-state index in [0.717, 1.165) is 11.3 Å². The SMILES string of the molecule is Cc1cnc2c(c1)N(C(=O)c1cc(-c3ccn(C)n3)on1)CCN2. The topological polar surface area (TPSA) is 89.1 Å². The molecule has 3 aromatic rings. The van der Waals surface area contributed by atoms with Crippen LogP contribution in [0.3, 0.4) is 0 Å². The zero-order valence-corrected chi connectivity index (χ0v) is 13.4. The summed E-state index contributed by atoms with van der Waals surface area (Å²) in [6.07, 6.45) is 3.58. The summed E-state index contributed by atoms with van der Waals surface area (Å²) in [7, 11) is 1.82. The molecule has 3 aromatic heterocycles. The van der Waals surface area contributed by atoms with Gasteiger partial charge in [-0.05, 0) is 24.6 Å². The van der Waals surface area contributed by atoms with Gasteiger partial charge in [0.1, 0.15) is 11.5 Å². The van der Waals surface area contributed by atoms with Crippen molar-refractivity contribution in [3.05, 3.63) is 41.9 Å². The highest BCUT2D eigenvalue weighted by Gasteiger charge is 2.27. The van der Waals surface area contributed by atoms with Gasteiger partial charge in [0.15, 0.2) is 11.5 Å². The fraction of sp³-hybridized carbons (Fsp3) is 0.250. The number of carbonyl (C=O) groups excluding carboxylic acids is 1. The zero-order chi connectivity index (χ0) is 16.7. The van der Waals surface area contributed by atoms with Crippen molar-refractivity contribution in [3.8, 4) is 11.5 Å². The molecule has 4 rings (SSSR count). The molecule has 0 unspecified atom stereocenters. The number of aryl methyl sites for hydroxylation is 2. The molecule has 1 N–H and O–H groups in total. The summed E-state index contributed by atoms with van der Waals surface area (Å²) in [6.45, 7) is 3.13. The van der Waals surface area contributed by atoms with Gasteiger partial charge in [-0.25, -0.2) is 4.98 Å². The lowest BCUT2D eigenvalue weighted by molar-refractivity contribution is 0.0978. The molecule has 0 atom stereocenters. The summed E-state index contributed by atoms with van der Waals surface area (Å²) in [5.74, 6) is 0.960. The van der Waals surface area contributed by atoms with Crippen LogP contribution in [0.5, 0.6) is 0 Å². The lowest BCUT2D eigenvalue weighted by Crippen LogP contribution is -2.39. The molecule has 0 spiro atoms. The molecule has 8 nitrogen and oxygen atoms in total. The first-order valence-corrected chi connectivity index (χ1v) is 7.61. The molecular weight excluding hydrogens is 308 g/mol. The van der Waals surface area contributed by atoms with E-state index in [1.54, 1.807) is 28.0 Å². The molecule has 4 heterocycles. The van der Waals surface area contributed by atoms with Crippen LogP contribution in [0.4, 0.5) is 11.5 Å². The third-order valence-electron chi connectivity index (χ3n) is 3.86. The Morgan fingerprint density at radius 2 is 2.25 bits per heavy atom. The van der Waals surface area contributed by atoms with Gasteiger partial charge in [-0.1, -0.05) is 5.16 Å². The first kappa shape index (κ1) is 14.4. The number of fused-ring (bicyclic) bond motifs is 1. The number of anilines is 2. The minimum Gasteiger partial charge on any atom is -0.367 e. The van der Waals surface area contributed by atoms with Crippen LogP contribution < -0.4 is 10.2 Å². The molecule has 24 heavy (non-hydrogen) atoms. The maximum Gasteiger partial charge on any atom is 0.280 e. The maximum absolute atomic E-state index is 12.8. The highest BCUT2D eigenvalue weighted by atomic mass is 16.5. The van der Waals surface area contributed by atoms with E-state index in [4.69, 9.17) is 4.52 Å². The molecule has 0 bridgehead atoms. The Hall–Kier alpha value is -3.16. The van der Waals surface area contributed by atoms with Gasteiger partial charge in [0.25, 0.3) is 5.91 Å². The number of nitrogens with one attached hydrogen (secondary N) is 1. The molecule has 0 fully saturated rings. The van der Waals surface area contributed by atoms with E-state index in [1.807, 2.05) is 26.1 Å². The molecule has 0 radical (unpaired) electrons. The van der Waals surface area contributed by atoms with Gasteiger partial charge in [0.05, 0.1) is 5.69 Å². The van der Waals surface area contributed by atoms with Crippen LogP contribution >= 0.6 is 0 Å². The van der Waals surface area contributed by atoms with Crippen molar-refractivity contribution in [2.24, 2.45) is 7.05 Å². The summed E-state index contributed by atoms with van der Waals surface area (Å²) in [6, 6.07) is 5.36. The largest absolute Gasteiger partial charge is 0.367 e. The van der Waals surface area contributed by atoms with E-state index in [1.165, 1.54) is 0 Å². The predicted octanol–water partition coefficient (Wildman–Crippen LogP) is 1.85. The lowest BCUT2D eigenvalue weighted by Gasteiger charge is -2.29. The minimum atomic E-state index is -0.212. The molecule has 0 aromatic carbocycles. The first-order chi connectivity index (χ1) is 11.6. The van der Waals surface area contributed by atoms with Crippen molar-refractivity contribution < 1.29 is 9.32 Å². The fourth-order valence-electron chi connectivity index (χ4n) is 2.69. The quantitative estimate of drug-likeness (QED) is 0.774.